The van der Waals surface area contributed by atoms with Crippen molar-refractivity contribution in [1.82, 2.24) is 10.3 Å². The lowest BCUT2D eigenvalue weighted by atomic mass is 10.2. The second kappa shape index (κ2) is 8.43. The Morgan fingerprint density at radius 1 is 1.20 bits per heavy atom. The molecular weight excluding hydrogens is 355 g/mol. The number of amides is 2. The van der Waals surface area contributed by atoms with Gasteiger partial charge in [-0.15, -0.1) is 11.3 Å². The van der Waals surface area contributed by atoms with E-state index in [9.17, 15) is 22.8 Å². The minimum Gasteiger partial charge on any atom is -0.347 e. The van der Waals surface area contributed by atoms with Crippen molar-refractivity contribution in [3.63, 3.8) is 0 Å². The van der Waals surface area contributed by atoms with Crippen molar-refractivity contribution in [2.24, 2.45) is 0 Å². The molecule has 0 saturated carbocycles. The molecule has 25 heavy (non-hydrogen) atoms. The molecule has 0 bridgehead atoms. The maximum absolute atomic E-state index is 12.0. The molecular formula is C16H14F3N3O2S. The first-order valence-electron chi connectivity index (χ1n) is 7.14. The number of anilines is 1. The number of aromatic nitrogens is 1. The predicted molar refractivity (Wildman–Crippen MR) is 89.0 cm³/mol. The molecule has 0 aliphatic heterocycles. The van der Waals surface area contributed by atoms with Gasteiger partial charge in [0.15, 0.2) is 5.13 Å². The van der Waals surface area contributed by atoms with Gasteiger partial charge in [0.1, 0.15) is 6.54 Å². The molecule has 2 amide bonds. The molecule has 0 radical (unpaired) electrons. The summed E-state index contributed by atoms with van der Waals surface area (Å²) in [4.78, 5) is 27.2. The van der Waals surface area contributed by atoms with Gasteiger partial charge in [-0.3, -0.25) is 14.9 Å². The van der Waals surface area contributed by atoms with Gasteiger partial charge < -0.3 is 5.32 Å². The summed E-state index contributed by atoms with van der Waals surface area (Å²) in [5.41, 5.74) is 1.14. The van der Waals surface area contributed by atoms with Crippen LogP contribution < -0.4 is 10.6 Å². The molecule has 2 N–H and O–H groups in total. The number of halogens is 3. The number of hydrogen-bond acceptors (Lipinski definition) is 4. The van der Waals surface area contributed by atoms with Crippen LogP contribution in [0, 0.1) is 0 Å². The molecule has 1 aromatic heterocycles. The van der Waals surface area contributed by atoms with Crippen molar-refractivity contribution < 1.29 is 22.8 Å². The highest BCUT2D eigenvalue weighted by Crippen LogP contribution is 2.16. The van der Waals surface area contributed by atoms with Crippen LogP contribution in [-0.4, -0.2) is 29.5 Å². The lowest BCUT2D eigenvalue weighted by Gasteiger charge is -2.07. The monoisotopic (exact) mass is 369 g/mol. The molecule has 1 heterocycles. The molecule has 2 aromatic rings. The zero-order valence-corrected chi connectivity index (χ0v) is 13.7. The number of rotatable bonds is 6. The Kier molecular flexibility index (Phi) is 6.29. The third kappa shape index (κ3) is 7.17. The van der Waals surface area contributed by atoms with Crippen LogP contribution in [0.2, 0.25) is 0 Å². The van der Waals surface area contributed by atoms with E-state index in [-0.39, 0.29) is 17.2 Å². The van der Waals surface area contributed by atoms with Crippen molar-refractivity contribution in [2.45, 2.75) is 12.6 Å². The molecule has 5 nitrogen and oxygen atoms in total. The van der Waals surface area contributed by atoms with E-state index in [2.05, 4.69) is 10.3 Å². The van der Waals surface area contributed by atoms with E-state index < -0.39 is 24.5 Å². The number of carbonyl (C=O) groups excluding carboxylic acids is 2. The van der Waals surface area contributed by atoms with E-state index in [0.717, 1.165) is 16.9 Å². The fourth-order valence-corrected chi connectivity index (χ4v) is 2.47. The fourth-order valence-electron chi connectivity index (χ4n) is 1.75. The Labute approximate surface area is 145 Å². The van der Waals surface area contributed by atoms with Crippen LogP contribution >= 0.6 is 11.3 Å². The van der Waals surface area contributed by atoms with Crippen LogP contribution in [0.5, 0.6) is 0 Å². The minimum atomic E-state index is -4.46. The molecule has 0 saturated heterocycles. The lowest BCUT2D eigenvalue weighted by molar-refractivity contribution is -0.138. The number of alkyl halides is 3. The van der Waals surface area contributed by atoms with E-state index in [0.29, 0.717) is 0 Å². The maximum Gasteiger partial charge on any atom is 0.405 e. The SMILES string of the molecule is O=C(/C=C/c1ccccc1)Nc1nc(CC(=O)NCC(F)(F)F)cs1. The van der Waals surface area contributed by atoms with E-state index in [1.54, 1.807) is 11.4 Å². The van der Waals surface area contributed by atoms with Gasteiger partial charge >= 0.3 is 6.18 Å². The first kappa shape index (κ1) is 18.7. The highest BCUT2D eigenvalue weighted by atomic mass is 32.1. The Morgan fingerprint density at radius 3 is 2.60 bits per heavy atom. The molecule has 132 valence electrons. The maximum atomic E-state index is 12.0. The van der Waals surface area contributed by atoms with E-state index in [1.807, 2.05) is 30.3 Å². The Morgan fingerprint density at radius 2 is 1.92 bits per heavy atom. The highest BCUT2D eigenvalue weighted by molar-refractivity contribution is 7.14. The average Bonchev–Trinajstić information content (AvgIpc) is 2.98. The fraction of sp³-hybridized carbons (Fsp3) is 0.188. The van der Waals surface area contributed by atoms with E-state index >= 15 is 0 Å². The standard InChI is InChI=1S/C16H14F3N3O2S/c17-16(18,19)10-20-14(24)8-12-9-25-15(21-12)22-13(23)7-6-11-4-2-1-3-5-11/h1-7,9H,8,10H2,(H,20,24)(H,21,22,23)/b7-6+. The van der Waals surface area contributed by atoms with Gasteiger partial charge in [0.2, 0.25) is 11.8 Å². The first-order chi connectivity index (χ1) is 11.8. The second-order valence-corrected chi connectivity index (χ2v) is 5.80. The van der Waals surface area contributed by atoms with Crippen molar-refractivity contribution in [1.29, 1.82) is 0 Å². The van der Waals surface area contributed by atoms with Gasteiger partial charge in [0.05, 0.1) is 12.1 Å². The van der Waals surface area contributed by atoms with Gasteiger partial charge in [-0.25, -0.2) is 4.98 Å². The van der Waals surface area contributed by atoms with Crippen LogP contribution in [0.15, 0.2) is 41.8 Å². The number of hydrogen-bond donors (Lipinski definition) is 2. The molecule has 2 rings (SSSR count). The first-order valence-corrected chi connectivity index (χ1v) is 8.02. The molecule has 0 aliphatic carbocycles. The minimum absolute atomic E-state index is 0.265. The molecule has 0 atom stereocenters. The zero-order chi connectivity index (χ0) is 18.3. The molecule has 9 heteroatoms. The summed E-state index contributed by atoms with van der Waals surface area (Å²) in [7, 11) is 0. The lowest BCUT2D eigenvalue weighted by Crippen LogP contribution is -2.34. The van der Waals surface area contributed by atoms with Gasteiger partial charge in [-0.2, -0.15) is 13.2 Å². The third-order valence-electron chi connectivity index (χ3n) is 2.84. The van der Waals surface area contributed by atoms with Gasteiger partial charge in [-0.05, 0) is 11.6 Å². The largest absolute Gasteiger partial charge is 0.405 e. The van der Waals surface area contributed by atoms with Crippen LogP contribution in [0.1, 0.15) is 11.3 Å². The molecule has 0 aliphatic rings. The molecule has 0 unspecified atom stereocenters. The summed E-state index contributed by atoms with van der Waals surface area (Å²) in [5.74, 6) is -1.18. The van der Waals surface area contributed by atoms with E-state index in [1.165, 1.54) is 11.5 Å². The average molecular weight is 369 g/mol. The number of benzene rings is 1. The Balaban J connectivity index is 1.83. The van der Waals surface area contributed by atoms with Gasteiger partial charge in [0.25, 0.3) is 0 Å². The van der Waals surface area contributed by atoms with Gasteiger partial charge in [0, 0.05) is 11.5 Å². The molecule has 0 fully saturated rings. The van der Waals surface area contributed by atoms with Crippen molar-refractivity contribution in [2.75, 3.05) is 11.9 Å². The Hall–Kier alpha value is -2.68. The summed E-state index contributed by atoms with van der Waals surface area (Å²) in [6.45, 7) is -1.39. The smallest absolute Gasteiger partial charge is 0.347 e. The Bertz CT molecular complexity index is 757. The van der Waals surface area contributed by atoms with E-state index in [4.69, 9.17) is 0 Å². The van der Waals surface area contributed by atoms with Crippen molar-refractivity contribution in [3.05, 3.63) is 53.0 Å². The van der Waals surface area contributed by atoms with Crippen molar-refractivity contribution in [3.8, 4) is 0 Å². The molecule has 1 aromatic carbocycles. The van der Waals surface area contributed by atoms with Crippen LogP contribution in [0.3, 0.4) is 0 Å². The number of thiazole rings is 1. The normalized spacial score (nSPS) is 11.5. The quantitative estimate of drug-likeness (QED) is 0.769. The zero-order valence-electron chi connectivity index (χ0n) is 12.8. The number of nitrogens with one attached hydrogen (secondary N) is 2. The third-order valence-corrected chi connectivity index (χ3v) is 3.64. The van der Waals surface area contributed by atoms with Crippen LogP contribution in [0.4, 0.5) is 18.3 Å². The van der Waals surface area contributed by atoms with Crippen molar-refractivity contribution >= 4 is 34.4 Å². The van der Waals surface area contributed by atoms with Gasteiger partial charge in [-0.1, -0.05) is 30.3 Å². The summed E-state index contributed by atoms with van der Waals surface area (Å²) in [6, 6.07) is 9.22. The topological polar surface area (TPSA) is 71.1 Å². The number of nitrogens with zero attached hydrogens (tertiary/aromatic N) is 1. The predicted octanol–water partition coefficient (Wildman–Crippen LogP) is 3.02. The van der Waals surface area contributed by atoms with Crippen LogP contribution in [0.25, 0.3) is 6.08 Å². The molecule has 0 spiro atoms. The van der Waals surface area contributed by atoms with Crippen LogP contribution in [-0.2, 0) is 16.0 Å². The summed E-state index contributed by atoms with van der Waals surface area (Å²) < 4.78 is 36.0. The summed E-state index contributed by atoms with van der Waals surface area (Å²) >= 11 is 1.09. The highest BCUT2D eigenvalue weighted by Gasteiger charge is 2.27. The summed E-state index contributed by atoms with van der Waals surface area (Å²) in [6.07, 6.45) is -1.77. The number of carbonyl (C=O) groups is 2. The second-order valence-electron chi connectivity index (χ2n) is 4.95. The summed E-state index contributed by atoms with van der Waals surface area (Å²) in [5, 5.41) is 6.06.